The van der Waals surface area contributed by atoms with Gasteiger partial charge in [-0.25, -0.2) is 0 Å². The van der Waals surface area contributed by atoms with Crippen LogP contribution in [0.5, 0.6) is 0 Å². The van der Waals surface area contributed by atoms with Crippen molar-refractivity contribution >= 4 is 27.5 Å². The van der Waals surface area contributed by atoms with Crippen LogP contribution in [-0.2, 0) is 6.54 Å². The fraction of sp³-hybridized carbons (Fsp3) is 0.455. The molecule has 1 rings (SSSR count). The highest BCUT2D eigenvalue weighted by atomic mass is 79.9. The molecule has 3 heteroatoms. The predicted octanol–water partition coefficient (Wildman–Crippen LogP) is 3.60. The molecule has 1 N–H and O–H groups in total. The number of alkyl halides is 1. The van der Waals surface area contributed by atoms with Crippen LogP contribution in [0.25, 0.3) is 0 Å². The molecule has 0 heterocycles. The van der Waals surface area contributed by atoms with Crippen molar-refractivity contribution in [2.45, 2.75) is 25.9 Å². The van der Waals surface area contributed by atoms with Crippen molar-refractivity contribution in [3.05, 3.63) is 34.9 Å². The van der Waals surface area contributed by atoms with E-state index in [-0.39, 0.29) is 0 Å². The summed E-state index contributed by atoms with van der Waals surface area (Å²) in [6, 6.07) is 8.46. The van der Waals surface area contributed by atoms with Gasteiger partial charge in [0.1, 0.15) is 0 Å². The molecule has 1 aromatic rings. The molecule has 0 saturated heterocycles. The van der Waals surface area contributed by atoms with Crippen LogP contribution in [0.1, 0.15) is 18.9 Å². The van der Waals surface area contributed by atoms with Crippen molar-refractivity contribution in [3.63, 3.8) is 0 Å². The lowest BCUT2D eigenvalue weighted by Crippen LogP contribution is -2.25. The average Bonchev–Trinajstić information content (AvgIpc) is 2.17. The lowest BCUT2D eigenvalue weighted by atomic mass is 10.2. The molecule has 0 bridgehead atoms. The predicted molar refractivity (Wildman–Crippen MR) is 66.2 cm³/mol. The molecule has 0 aromatic heterocycles. The van der Waals surface area contributed by atoms with Crippen LogP contribution in [-0.4, -0.2) is 11.4 Å². The maximum Gasteiger partial charge on any atom is 0.0450 e. The first kappa shape index (κ1) is 12.0. The third kappa shape index (κ3) is 3.99. The number of rotatable bonds is 5. The fourth-order valence-electron chi connectivity index (χ4n) is 1.19. The van der Waals surface area contributed by atoms with Gasteiger partial charge in [0.2, 0.25) is 0 Å². The Balaban J connectivity index is 2.41. The molecule has 0 radical (unpaired) electrons. The zero-order chi connectivity index (χ0) is 10.4. The van der Waals surface area contributed by atoms with Gasteiger partial charge >= 0.3 is 0 Å². The highest BCUT2D eigenvalue weighted by Gasteiger charge is 2.02. The normalized spacial score (nSPS) is 12.8. The first-order chi connectivity index (χ1) is 6.74. The Morgan fingerprint density at radius 2 is 2.14 bits per heavy atom. The van der Waals surface area contributed by atoms with E-state index in [2.05, 4.69) is 34.2 Å². The molecule has 0 spiro atoms. The molecular weight excluding hydrogens is 261 g/mol. The van der Waals surface area contributed by atoms with Crippen LogP contribution in [0.3, 0.4) is 0 Å². The van der Waals surface area contributed by atoms with Gasteiger partial charge in [-0.15, -0.1) is 0 Å². The number of hydrogen-bond donors (Lipinski definition) is 1. The first-order valence-corrected chi connectivity index (χ1v) is 6.26. The summed E-state index contributed by atoms with van der Waals surface area (Å²) in [7, 11) is 0. The van der Waals surface area contributed by atoms with Gasteiger partial charge in [-0.3, -0.25) is 0 Å². The van der Waals surface area contributed by atoms with Crippen molar-refractivity contribution in [1.29, 1.82) is 0 Å². The molecule has 1 aromatic carbocycles. The van der Waals surface area contributed by atoms with Crippen molar-refractivity contribution < 1.29 is 0 Å². The van der Waals surface area contributed by atoms with Gasteiger partial charge in [0, 0.05) is 22.9 Å². The monoisotopic (exact) mass is 275 g/mol. The third-order valence-corrected chi connectivity index (χ3v) is 2.97. The van der Waals surface area contributed by atoms with Gasteiger partial charge in [0.15, 0.2) is 0 Å². The van der Waals surface area contributed by atoms with E-state index in [0.29, 0.717) is 6.04 Å². The molecule has 0 fully saturated rings. The molecule has 14 heavy (non-hydrogen) atoms. The second-order valence-corrected chi connectivity index (χ2v) is 4.55. The summed E-state index contributed by atoms with van der Waals surface area (Å²) in [6.45, 7) is 3.02. The Bertz CT molecular complexity index is 278. The van der Waals surface area contributed by atoms with Gasteiger partial charge in [0.25, 0.3) is 0 Å². The zero-order valence-electron chi connectivity index (χ0n) is 8.26. The van der Waals surface area contributed by atoms with Crippen LogP contribution in [0, 0.1) is 0 Å². The van der Waals surface area contributed by atoms with Gasteiger partial charge < -0.3 is 5.32 Å². The first-order valence-electron chi connectivity index (χ1n) is 4.76. The molecule has 0 aliphatic carbocycles. The minimum Gasteiger partial charge on any atom is -0.310 e. The summed E-state index contributed by atoms with van der Waals surface area (Å²) < 4.78 is 0. The van der Waals surface area contributed by atoms with Gasteiger partial charge in [-0.05, 0) is 25.0 Å². The topological polar surface area (TPSA) is 12.0 Å². The van der Waals surface area contributed by atoms with E-state index in [1.54, 1.807) is 0 Å². The second-order valence-electron chi connectivity index (χ2n) is 3.35. The Labute approximate surface area is 99.0 Å². The molecule has 0 saturated carbocycles. The van der Waals surface area contributed by atoms with Crippen LogP contribution >= 0.6 is 27.5 Å². The average molecular weight is 277 g/mol. The van der Waals surface area contributed by atoms with E-state index in [1.807, 2.05) is 18.2 Å². The van der Waals surface area contributed by atoms with E-state index in [1.165, 1.54) is 0 Å². The summed E-state index contributed by atoms with van der Waals surface area (Å²) in [6.07, 6.45) is 1.13. The standard InChI is InChI=1S/C11H15BrClN/c1-9(6-7-12)14-8-10-4-2-3-5-11(10)13/h2-5,9,14H,6-8H2,1H3. The number of benzene rings is 1. The fourth-order valence-corrected chi connectivity index (χ4v) is 2.08. The minimum absolute atomic E-state index is 0.519. The third-order valence-electron chi connectivity index (χ3n) is 2.14. The lowest BCUT2D eigenvalue weighted by molar-refractivity contribution is 0.538. The van der Waals surface area contributed by atoms with E-state index < -0.39 is 0 Å². The van der Waals surface area contributed by atoms with E-state index in [0.717, 1.165) is 28.9 Å². The molecule has 1 atom stereocenters. The summed E-state index contributed by atoms with van der Waals surface area (Å²) >= 11 is 9.46. The minimum atomic E-state index is 0.519. The molecule has 0 amide bonds. The van der Waals surface area contributed by atoms with Gasteiger partial charge in [-0.2, -0.15) is 0 Å². The molecule has 1 nitrogen and oxygen atoms in total. The quantitative estimate of drug-likeness (QED) is 0.810. The van der Waals surface area contributed by atoms with Crippen LogP contribution in [0.2, 0.25) is 5.02 Å². The van der Waals surface area contributed by atoms with Crippen molar-refractivity contribution in [2.24, 2.45) is 0 Å². The van der Waals surface area contributed by atoms with Crippen molar-refractivity contribution in [1.82, 2.24) is 5.32 Å². The van der Waals surface area contributed by atoms with Gasteiger partial charge in [0.05, 0.1) is 0 Å². The molecule has 0 aliphatic heterocycles. The molecule has 1 unspecified atom stereocenters. The number of halogens is 2. The van der Waals surface area contributed by atoms with Gasteiger partial charge in [-0.1, -0.05) is 45.7 Å². The van der Waals surface area contributed by atoms with Crippen molar-refractivity contribution in [3.8, 4) is 0 Å². The Hall–Kier alpha value is -0.0500. The molecule has 0 aliphatic rings. The largest absolute Gasteiger partial charge is 0.310 e. The van der Waals surface area contributed by atoms with E-state index >= 15 is 0 Å². The van der Waals surface area contributed by atoms with E-state index in [9.17, 15) is 0 Å². The highest BCUT2D eigenvalue weighted by molar-refractivity contribution is 9.09. The van der Waals surface area contributed by atoms with Crippen LogP contribution in [0.15, 0.2) is 24.3 Å². The lowest BCUT2D eigenvalue weighted by Gasteiger charge is -2.12. The summed E-state index contributed by atoms with van der Waals surface area (Å²) in [5.41, 5.74) is 1.16. The summed E-state index contributed by atoms with van der Waals surface area (Å²) in [5.74, 6) is 0. The highest BCUT2D eigenvalue weighted by Crippen LogP contribution is 2.14. The SMILES string of the molecule is CC(CCBr)NCc1ccccc1Cl. The molecule has 78 valence electrons. The van der Waals surface area contributed by atoms with E-state index in [4.69, 9.17) is 11.6 Å². The maximum absolute atomic E-state index is 6.04. The number of hydrogen-bond acceptors (Lipinski definition) is 1. The zero-order valence-corrected chi connectivity index (χ0v) is 10.6. The van der Waals surface area contributed by atoms with Crippen LogP contribution in [0.4, 0.5) is 0 Å². The summed E-state index contributed by atoms with van der Waals surface area (Å²) in [4.78, 5) is 0. The smallest absolute Gasteiger partial charge is 0.0450 e. The molecular formula is C11H15BrClN. The maximum atomic E-state index is 6.04. The van der Waals surface area contributed by atoms with Crippen molar-refractivity contribution in [2.75, 3.05) is 5.33 Å². The summed E-state index contributed by atoms with van der Waals surface area (Å²) in [5, 5.41) is 5.30. The Kier molecular flexibility index (Phi) is 5.53. The Morgan fingerprint density at radius 1 is 1.43 bits per heavy atom. The number of nitrogens with one attached hydrogen (secondary N) is 1. The van der Waals surface area contributed by atoms with Crippen LogP contribution < -0.4 is 5.32 Å². The Morgan fingerprint density at radius 3 is 2.79 bits per heavy atom. The second kappa shape index (κ2) is 6.44.